The van der Waals surface area contributed by atoms with Crippen molar-refractivity contribution < 1.29 is 0 Å². The van der Waals surface area contributed by atoms with Crippen LogP contribution < -0.4 is 0 Å². The van der Waals surface area contributed by atoms with Crippen LogP contribution in [0.2, 0.25) is 0 Å². The first kappa shape index (κ1) is 22.4. The van der Waals surface area contributed by atoms with Crippen molar-refractivity contribution in [1.82, 2.24) is 0 Å². The standard InChI is InChI=1S/C33H26N2/c1-33(2)20-30(25-12-4-3-5-13-25)28-16-6-7-17-29(28)32(33)31(26-14-8-10-23(18-26)21-34)27-15-9-11-24(19-27)22-35/h3-20,31-32H,1-2H3. The summed E-state index contributed by atoms with van der Waals surface area (Å²) in [5, 5.41) is 19.3. The van der Waals surface area contributed by atoms with Gasteiger partial charge in [0, 0.05) is 11.8 Å². The summed E-state index contributed by atoms with van der Waals surface area (Å²) in [6.07, 6.45) is 2.41. The maximum atomic E-state index is 9.63. The molecule has 0 aromatic heterocycles. The van der Waals surface area contributed by atoms with E-state index in [0.717, 1.165) is 11.1 Å². The molecule has 0 heterocycles. The third-order valence-corrected chi connectivity index (χ3v) is 7.07. The Morgan fingerprint density at radius 1 is 0.686 bits per heavy atom. The predicted octanol–water partition coefficient (Wildman–Crippen LogP) is 7.82. The smallest absolute Gasteiger partial charge is 0.0991 e. The third kappa shape index (κ3) is 4.16. The molecular formula is C33H26N2. The lowest BCUT2D eigenvalue weighted by molar-refractivity contribution is 0.338. The minimum absolute atomic E-state index is 0.0266. The molecule has 0 bridgehead atoms. The number of rotatable bonds is 4. The Morgan fingerprint density at radius 2 is 1.26 bits per heavy atom. The highest BCUT2D eigenvalue weighted by molar-refractivity contribution is 5.84. The highest BCUT2D eigenvalue weighted by Gasteiger charge is 2.41. The van der Waals surface area contributed by atoms with Gasteiger partial charge in [0.15, 0.2) is 0 Å². The SMILES string of the molecule is CC1(C)C=C(c2ccccc2)c2ccccc2C1C(c1cccc(C#N)c1)c1cccc(C#N)c1. The number of hydrogen-bond acceptors (Lipinski definition) is 2. The maximum absolute atomic E-state index is 9.63. The first-order valence-electron chi connectivity index (χ1n) is 11.9. The van der Waals surface area contributed by atoms with Crippen LogP contribution in [0.4, 0.5) is 0 Å². The number of benzene rings is 4. The molecule has 35 heavy (non-hydrogen) atoms. The zero-order chi connectivity index (χ0) is 24.4. The lowest BCUT2D eigenvalue weighted by atomic mass is 9.59. The van der Waals surface area contributed by atoms with Gasteiger partial charge in [-0.15, -0.1) is 0 Å². The number of allylic oxidation sites excluding steroid dienone is 1. The fraction of sp³-hybridized carbons (Fsp3) is 0.152. The lowest BCUT2D eigenvalue weighted by Crippen LogP contribution is -2.31. The van der Waals surface area contributed by atoms with Gasteiger partial charge in [-0.25, -0.2) is 0 Å². The first-order chi connectivity index (χ1) is 17.0. The van der Waals surface area contributed by atoms with Crippen molar-refractivity contribution in [2.45, 2.75) is 25.7 Å². The zero-order valence-electron chi connectivity index (χ0n) is 19.9. The molecule has 0 fully saturated rings. The average Bonchev–Trinajstić information content (AvgIpc) is 2.90. The van der Waals surface area contributed by atoms with E-state index < -0.39 is 0 Å². The van der Waals surface area contributed by atoms with Crippen molar-refractivity contribution in [2.75, 3.05) is 0 Å². The fourth-order valence-electron chi connectivity index (χ4n) is 5.60. The summed E-state index contributed by atoms with van der Waals surface area (Å²) in [6.45, 7) is 4.59. The molecule has 4 aromatic rings. The predicted molar refractivity (Wildman–Crippen MR) is 141 cm³/mol. The second kappa shape index (κ2) is 9.09. The van der Waals surface area contributed by atoms with Crippen LogP contribution in [-0.2, 0) is 0 Å². The van der Waals surface area contributed by atoms with Crippen molar-refractivity contribution in [2.24, 2.45) is 5.41 Å². The van der Waals surface area contributed by atoms with E-state index >= 15 is 0 Å². The number of nitrogens with zero attached hydrogens (tertiary/aromatic N) is 2. The summed E-state index contributed by atoms with van der Waals surface area (Å²) < 4.78 is 0. The molecule has 0 N–H and O–H groups in total. The monoisotopic (exact) mass is 450 g/mol. The highest BCUT2D eigenvalue weighted by Crippen LogP contribution is 2.55. The van der Waals surface area contributed by atoms with Crippen LogP contribution in [0.15, 0.2) is 109 Å². The Morgan fingerprint density at radius 3 is 1.86 bits per heavy atom. The van der Waals surface area contributed by atoms with E-state index in [0.29, 0.717) is 11.1 Å². The van der Waals surface area contributed by atoms with E-state index in [2.05, 4.69) is 92.7 Å². The minimum Gasteiger partial charge on any atom is -0.192 e. The van der Waals surface area contributed by atoms with Gasteiger partial charge in [-0.1, -0.05) is 98.8 Å². The summed E-state index contributed by atoms with van der Waals surface area (Å²) in [7, 11) is 0. The molecule has 0 radical (unpaired) electrons. The van der Waals surface area contributed by atoms with Crippen molar-refractivity contribution in [1.29, 1.82) is 10.5 Å². The Labute approximate surface area is 207 Å². The van der Waals surface area contributed by atoms with E-state index in [1.54, 1.807) is 0 Å². The molecule has 1 atom stereocenters. The molecule has 168 valence electrons. The molecule has 4 aromatic carbocycles. The Kier molecular flexibility index (Phi) is 5.82. The second-order valence-corrected chi connectivity index (χ2v) is 9.76. The molecule has 1 aliphatic carbocycles. The van der Waals surface area contributed by atoms with Gasteiger partial charge in [-0.05, 0) is 63.1 Å². The summed E-state index contributed by atoms with van der Waals surface area (Å²) in [5.41, 5.74) is 8.24. The summed E-state index contributed by atoms with van der Waals surface area (Å²) in [6, 6.07) is 39.7. The van der Waals surface area contributed by atoms with E-state index in [4.69, 9.17) is 0 Å². The summed E-state index contributed by atoms with van der Waals surface area (Å²) in [4.78, 5) is 0. The topological polar surface area (TPSA) is 47.6 Å². The molecule has 0 saturated carbocycles. The van der Waals surface area contributed by atoms with Crippen LogP contribution in [0.3, 0.4) is 0 Å². The summed E-state index contributed by atoms with van der Waals surface area (Å²) >= 11 is 0. The Hall–Kier alpha value is -4.40. The first-order valence-corrected chi connectivity index (χ1v) is 11.9. The van der Waals surface area contributed by atoms with Gasteiger partial charge in [-0.3, -0.25) is 0 Å². The average molecular weight is 451 g/mol. The molecule has 0 aliphatic heterocycles. The molecule has 2 nitrogen and oxygen atoms in total. The van der Waals surface area contributed by atoms with Gasteiger partial charge in [0.25, 0.3) is 0 Å². The van der Waals surface area contributed by atoms with Crippen LogP contribution >= 0.6 is 0 Å². The maximum Gasteiger partial charge on any atom is 0.0991 e. The van der Waals surface area contributed by atoms with Crippen molar-refractivity contribution in [3.63, 3.8) is 0 Å². The summed E-state index contributed by atoms with van der Waals surface area (Å²) in [5.74, 6) is 0.0790. The highest BCUT2D eigenvalue weighted by atomic mass is 14.4. The quantitative estimate of drug-likeness (QED) is 0.318. The Balaban J connectivity index is 1.77. The van der Waals surface area contributed by atoms with Gasteiger partial charge in [0.2, 0.25) is 0 Å². The van der Waals surface area contributed by atoms with E-state index in [9.17, 15) is 10.5 Å². The van der Waals surface area contributed by atoms with Crippen LogP contribution in [0.25, 0.3) is 5.57 Å². The molecular weight excluding hydrogens is 424 g/mol. The molecule has 1 unspecified atom stereocenters. The van der Waals surface area contributed by atoms with Crippen molar-refractivity contribution in [3.05, 3.63) is 148 Å². The molecule has 0 saturated heterocycles. The molecule has 2 heteroatoms. The van der Waals surface area contributed by atoms with Gasteiger partial charge >= 0.3 is 0 Å². The number of nitriles is 2. The van der Waals surface area contributed by atoms with Gasteiger partial charge in [0.05, 0.1) is 23.3 Å². The second-order valence-electron chi connectivity index (χ2n) is 9.76. The fourth-order valence-corrected chi connectivity index (χ4v) is 5.60. The minimum atomic E-state index is -0.199. The Bertz CT molecular complexity index is 1440. The van der Waals surface area contributed by atoms with Crippen molar-refractivity contribution >= 4 is 5.57 Å². The molecule has 0 amide bonds. The zero-order valence-corrected chi connectivity index (χ0v) is 19.9. The van der Waals surface area contributed by atoms with E-state index in [1.165, 1.54) is 22.3 Å². The van der Waals surface area contributed by atoms with Crippen LogP contribution in [0, 0.1) is 28.1 Å². The van der Waals surface area contributed by atoms with E-state index in [1.807, 2.05) is 42.5 Å². The van der Waals surface area contributed by atoms with Crippen LogP contribution in [-0.4, -0.2) is 0 Å². The number of fused-ring (bicyclic) bond motifs is 1. The number of hydrogen-bond donors (Lipinski definition) is 0. The van der Waals surface area contributed by atoms with Gasteiger partial charge < -0.3 is 0 Å². The molecule has 5 rings (SSSR count). The normalized spacial score (nSPS) is 16.0. The molecule has 0 spiro atoms. The largest absolute Gasteiger partial charge is 0.192 e. The van der Waals surface area contributed by atoms with E-state index in [-0.39, 0.29) is 17.3 Å². The van der Waals surface area contributed by atoms with Crippen LogP contribution in [0.1, 0.15) is 64.6 Å². The molecule has 1 aliphatic rings. The van der Waals surface area contributed by atoms with Crippen molar-refractivity contribution in [3.8, 4) is 12.1 Å². The van der Waals surface area contributed by atoms with Gasteiger partial charge in [0.1, 0.15) is 0 Å². The third-order valence-electron chi connectivity index (χ3n) is 7.07. The van der Waals surface area contributed by atoms with Gasteiger partial charge in [-0.2, -0.15) is 10.5 Å². The van der Waals surface area contributed by atoms with Crippen LogP contribution in [0.5, 0.6) is 0 Å². The lowest BCUT2D eigenvalue weighted by Gasteiger charge is -2.43.